The monoisotopic (exact) mass is 431 g/mol. The van der Waals surface area contributed by atoms with Crippen molar-refractivity contribution in [2.24, 2.45) is 0 Å². The van der Waals surface area contributed by atoms with Gasteiger partial charge >= 0.3 is 6.09 Å². The number of hydrogen-bond acceptors (Lipinski definition) is 5. The van der Waals surface area contributed by atoms with Crippen LogP contribution in [-0.4, -0.2) is 73.8 Å². The highest BCUT2D eigenvalue weighted by Crippen LogP contribution is 2.32. The second-order valence-corrected chi connectivity index (χ2v) is 9.56. The SMILES string of the molecule is COCCCC(=O)N1CC[C@H](N(C)c2cccc3c2CN(C(=O)OC(C)(C)C)CC3)C1. The molecule has 172 valence electrons. The van der Waals surface area contributed by atoms with Crippen LogP contribution in [0, 0.1) is 0 Å². The highest BCUT2D eigenvalue weighted by Gasteiger charge is 2.32. The second kappa shape index (κ2) is 9.90. The summed E-state index contributed by atoms with van der Waals surface area (Å²) in [6.07, 6.45) is 2.82. The van der Waals surface area contributed by atoms with Crippen LogP contribution >= 0.6 is 0 Å². The molecule has 1 saturated heterocycles. The third kappa shape index (κ3) is 5.91. The molecule has 1 aromatic rings. The van der Waals surface area contributed by atoms with Crippen LogP contribution in [0.5, 0.6) is 0 Å². The molecule has 1 atom stereocenters. The number of methoxy groups -OCH3 is 1. The Bertz CT molecular complexity index is 790. The van der Waals surface area contributed by atoms with Crippen molar-refractivity contribution in [2.45, 2.75) is 64.6 Å². The van der Waals surface area contributed by atoms with E-state index in [-0.39, 0.29) is 18.0 Å². The van der Waals surface area contributed by atoms with Gasteiger partial charge < -0.3 is 24.2 Å². The van der Waals surface area contributed by atoms with Gasteiger partial charge in [-0.3, -0.25) is 4.79 Å². The lowest BCUT2D eigenvalue weighted by molar-refractivity contribution is -0.130. The Balaban J connectivity index is 1.68. The Labute approximate surface area is 186 Å². The lowest BCUT2D eigenvalue weighted by atomic mass is 9.97. The molecular formula is C24H37N3O4. The fourth-order valence-corrected chi connectivity index (χ4v) is 4.38. The van der Waals surface area contributed by atoms with Crippen molar-refractivity contribution in [1.82, 2.24) is 9.80 Å². The van der Waals surface area contributed by atoms with Crippen molar-refractivity contribution < 1.29 is 19.1 Å². The van der Waals surface area contributed by atoms with Gasteiger partial charge in [0.1, 0.15) is 5.60 Å². The second-order valence-electron chi connectivity index (χ2n) is 9.56. The molecule has 7 heteroatoms. The van der Waals surface area contributed by atoms with E-state index in [1.165, 1.54) is 11.1 Å². The van der Waals surface area contributed by atoms with Crippen LogP contribution in [0.25, 0.3) is 0 Å². The van der Waals surface area contributed by atoms with E-state index in [0.29, 0.717) is 26.1 Å². The Morgan fingerprint density at radius 1 is 1.19 bits per heavy atom. The molecule has 0 saturated carbocycles. The maximum atomic E-state index is 12.6. The highest BCUT2D eigenvalue weighted by molar-refractivity contribution is 5.76. The van der Waals surface area contributed by atoms with E-state index in [0.717, 1.165) is 38.0 Å². The van der Waals surface area contributed by atoms with Crippen LogP contribution < -0.4 is 4.90 Å². The molecule has 0 bridgehead atoms. The number of nitrogens with zero attached hydrogens (tertiary/aromatic N) is 3. The van der Waals surface area contributed by atoms with Gasteiger partial charge in [-0.2, -0.15) is 0 Å². The number of hydrogen-bond donors (Lipinski definition) is 0. The number of likely N-dealkylation sites (tertiary alicyclic amines) is 1. The number of likely N-dealkylation sites (N-methyl/N-ethyl adjacent to an activating group) is 1. The van der Waals surface area contributed by atoms with Gasteiger partial charge in [-0.1, -0.05) is 12.1 Å². The topological polar surface area (TPSA) is 62.3 Å². The van der Waals surface area contributed by atoms with Gasteiger partial charge in [0, 0.05) is 58.5 Å². The zero-order chi connectivity index (χ0) is 22.6. The molecule has 7 nitrogen and oxygen atoms in total. The van der Waals surface area contributed by atoms with E-state index in [4.69, 9.17) is 9.47 Å². The molecule has 2 heterocycles. The van der Waals surface area contributed by atoms with Gasteiger partial charge in [-0.15, -0.1) is 0 Å². The van der Waals surface area contributed by atoms with Gasteiger partial charge in [-0.25, -0.2) is 4.79 Å². The molecule has 2 amide bonds. The molecule has 0 unspecified atom stereocenters. The van der Waals surface area contributed by atoms with Gasteiger partial charge in [-0.05, 0) is 57.2 Å². The molecule has 2 aliphatic heterocycles. The van der Waals surface area contributed by atoms with E-state index >= 15 is 0 Å². The first kappa shape index (κ1) is 23.4. The van der Waals surface area contributed by atoms with Crippen LogP contribution in [-0.2, 0) is 27.2 Å². The minimum absolute atomic E-state index is 0.208. The van der Waals surface area contributed by atoms with E-state index in [9.17, 15) is 9.59 Å². The molecule has 0 aliphatic carbocycles. The number of ether oxygens (including phenoxy) is 2. The number of amides is 2. The van der Waals surface area contributed by atoms with Crippen molar-refractivity contribution >= 4 is 17.7 Å². The summed E-state index contributed by atoms with van der Waals surface area (Å²) in [6.45, 7) is 9.05. The average Bonchev–Trinajstić information content (AvgIpc) is 3.21. The number of carbonyl (C=O) groups is 2. The van der Waals surface area contributed by atoms with Gasteiger partial charge in [0.2, 0.25) is 5.91 Å². The Morgan fingerprint density at radius 2 is 1.97 bits per heavy atom. The lowest BCUT2D eigenvalue weighted by Gasteiger charge is -2.35. The largest absolute Gasteiger partial charge is 0.444 e. The van der Waals surface area contributed by atoms with Crippen LogP contribution in [0.4, 0.5) is 10.5 Å². The quantitative estimate of drug-likeness (QED) is 0.646. The normalized spacial score (nSPS) is 18.7. The number of rotatable bonds is 6. The van der Waals surface area contributed by atoms with Crippen molar-refractivity contribution in [1.29, 1.82) is 0 Å². The number of anilines is 1. The third-order valence-corrected chi connectivity index (χ3v) is 6.08. The number of benzene rings is 1. The summed E-state index contributed by atoms with van der Waals surface area (Å²) in [5.74, 6) is 0.208. The molecular weight excluding hydrogens is 394 g/mol. The van der Waals surface area contributed by atoms with Crippen LogP contribution in [0.3, 0.4) is 0 Å². The third-order valence-electron chi connectivity index (χ3n) is 6.08. The highest BCUT2D eigenvalue weighted by atomic mass is 16.6. The van der Waals surface area contributed by atoms with Gasteiger partial charge in [0.25, 0.3) is 0 Å². The summed E-state index contributed by atoms with van der Waals surface area (Å²) in [6, 6.07) is 6.64. The molecule has 3 rings (SSSR count). The lowest BCUT2D eigenvalue weighted by Crippen LogP contribution is -2.41. The smallest absolute Gasteiger partial charge is 0.410 e. The fraction of sp³-hybridized carbons (Fsp3) is 0.667. The summed E-state index contributed by atoms with van der Waals surface area (Å²) in [5, 5.41) is 0. The Kier molecular flexibility index (Phi) is 7.46. The maximum Gasteiger partial charge on any atom is 0.410 e. The van der Waals surface area contributed by atoms with Crippen molar-refractivity contribution in [2.75, 3.05) is 45.3 Å². The van der Waals surface area contributed by atoms with E-state index in [2.05, 4.69) is 30.1 Å². The molecule has 31 heavy (non-hydrogen) atoms. The predicted molar refractivity (Wildman–Crippen MR) is 121 cm³/mol. The molecule has 1 fully saturated rings. The summed E-state index contributed by atoms with van der Waals surface area (Å²) < 4.78 is 10.7. The summed E-state index contributed by atoms with van der Waals surface area (Å²) in [4.78, 5) is 31.2. The molecule has 0 spiro atoms. The van der Waals surface area contributed by atoms with Crippen molar-refractivity contribution in [3.63, 3.8) is 0 Å². The average molecular weight is 432 g/mol. The van der Waals surface area contributed by atoms with Crippen LogP contribution in [0.2, 0.25) is 0 Å². The standard InChI is InChI=1S/C24H37N3O4/c1-24(2,3)31-23(29)27-13-11-18-8-6-9-21(20(18)17-27)25(4)19-12-14-26(16-19)22(28)10-7-15-30-5/h6,8-9,19H,7,10-17H2,1-5H3/t19-/m0/s1. The van der Waals surface area contributed by atoms with Crippen LogP contribution in [0.1, 0.15) is 51.2 Å². The maximum absolute atomic E-state index is 12.6. The van der Waals surface area contributed by atoms with Gasteiger partial charge in [0.05, 0.1) is 6.54 Å². The molecule has 0 N–H and O–H groups in total. The summed E-state index contributed by atoms with van der Waals surface area (Å²) >= 11 is 0. The predicted octanol–water partition coefficient (Wildman–Crippen LogP) is 3.44. The van der Waals surface area contributed by atoms with Crippen molar-refractivity contribution in [3.8, 4) is 0 Å². The molecule has 0 aromatic heterocycles. The van der Waals surface area contributed by atoms with Gasteiger partial charge in [0.15, 0.2) is 0 Å². The fourth-order valence-electron chi connectivity index (χ4n) is 4.38. The van der Waals surface area contributed by atoms with E-state index in [1.807, 2.05) is 25.7 Å². The Hall–Kier alpha value is -2.28. The zero-order valence-electron chi connectivity index (χ0n) is 19.6. The first-order valence-electron chi connectivity index (χ1n) is 11.3. The van der Waals surface area contributed by atoms with Crippen LogP contribution in [0.15, 0.2) is 18.2 Å². The van der Waals surface area contributed by atoms with E-state index in [1.54, 1.807) is 12.0 Å². The summed E-state index contributed by atoms with van der Waals surface area (Å²) in [7, 11) is 3.77. The molecule has 2 aliphatic rings. The van der Waals surface area contributed by atoms with Crippen molar-refractivity contribution in [3.05, 3.63) is 29.3 Å². The summed E-state index contributed by atoms with van der Waals surface area (Å²) in [5.41, 5.74) is 3.11. The molecule has 1 aromatic carbocycles. The number of fused-ring (bicyclic) bond motifs is 1. The minimum atomic E-state index is -0.503. The first-order chi connectivity index (χ1) is 14.7. The van der Waals surface area contributed by atoms with E-state index < -0.39 is 5.60 Å². The molecule has 0 radical (unpaired) electrons. The first-order valence-corrected chi connectivity index (χ1v) is 11.3. The minimum Gasteiger partial charge on any atom is -0.444 e. The Morgan fingerprint density at radius 3 is 2.68 bits per heavy atom. The zero-order valence-corrected chi connectivity index (χ0v) is 19.6. The number of carbonyl (C=O) groups excluding carboxylic acids is 2.